The van der Waals surface area contributed by atoms with Crippen LogP contribution in [0.2, 0.25) is 0 Å². The van der Waals surface area contributed by atoms with Crippen LogP contribution in [-0.2, 0) is 0 Å². The van der Waals surface area contributed by atoms with E-state index in [0.29, 0.717) is 5.46 Å². The van der Waals surface area contributed by atoms with Crippen molar-refractivity contribution in [1.29, 1.82) is 0 Å². The van der Waals surface area contributed by atoms with Crippen molar-refractivity contribution in [2.24, 2.45) is 0 Å². The minimum atomic E-state index is -1.46. The Balaban J connectivity index is 0.000000142. The Hall–Kier alpha value is -5.42. The minimum Gasteiger partial charge on any atom is -0.423 e. The van der Waals surface area contributed by atoms with Crippen LogP contribution >= 0.6 is 0 Å². The summed E-state index contributed by atoms with van der Waals surface area (Å²) in [6.07, 6.45) is 0. The van der Waals surface area contributed by atoms with Gasteiger partial charge in [0, 0.05) is 16.5 Å². The van der Waals surface area contributed by atoms with E-state index in [1.807, 2.05) is 42.5 Å². The molecule has 0 aliphatic heterocycles. The van der Waals surface area contributed by atoms with Crippen LogP contribution in [-0.4, -0.2) is 21.7 Å². The molecule has 0 bridgehead atoms. The van der Waals surface area contributed by atoms with Gasteiger partial charge in [-0.25, -0.2) is 0 Å². The maximum absolute atomic E-state index is 9.42. The van der Waals surface area contributed by atoms with Gasteiger partial charge in [0.05, 0.1) is 11.0 Å². The van der Waals surface area contributed by atoms with Gasteiger partial charge in [-0.05, 0) is 68.8 Å². The summed E-state index contributed by atoms with van der Waals surface area (Å²) >= 11 is 0. The predicted molar refractivity (Wildman–Crippen MR) is 185 cm³/mol. The molecule has 2 N–H and O–H groups in total. The van der Waals surface area contributed by atoms with Gasteiger partial charge in [0.2, 0.25) is 0 Å². The highest BCUT2D eigenvalue weighted by molar-refractivity contribution is 6.58. The Labute approximate surface area is 257 Å². The summed E-state index contributed by atoms with van der Waals surface area (Å²) in [5, 5.41) is 23.8. The van der Waals surface area contributed by atoms with Gasteiger partial charge in [-0.3, -0.25) is 0 Å². The van der Waals surface area contributed by atoms with Crippen LogP contribution in [0.4, 0.5) is 0 Å². The lowest BCUT2D eigenvalue weighted by atomic mass is 9.80. The van der Waals surface area contributed by atoms with Crippen molar-refractivity contribution < 1.29 is 10.0 Å². The molecule has 44 heavy (non-hydrogen) atoms. The van der Waals surface area contributed by atoms with Gasteiger partial charge in [-0.1, -0.05) is 140 Å². The number of fused-ring (bicyclic) bond motifs is 4. The molecule has 0 unspecified atom stereocenters. The normalized spacial score (nSPS) is 11.0. The molecule has 0 atom stereocenters. The third-order valence-electron chi connectivity index (χ3n) is 8.08. The van der Waals surface area contributed by atoms with Crippen LogP contribution in [0.3, 0.4) is 0 Å². The Morgan fingerprint density at radius 1 is 0.409 bits per heavy atom. The molecular weight excluding hydrogens is 537 g/mol. The van der Waals surface area contributed by atoms with Crippen LogP contribution in [0.1, 0.15) is 0 Å². The fourth-order valence-electron chi connectivity index (χ4n) is 5.99. The summed E-state index contributed by atoms with van der Waals surface area (Å²) in [6, 6.07) is 58.2. The first-order valence-electron chi connectivity index (χ1n) is 14.8. The highest BCUT2D eigenvalue weighted by Gasteiger charge is 2.15. The van der Waals surface area contributed by atoms with Crippen molar-refractivity contribution in [2.75, 3.05) is 0 Å². The molecule has 1 aromatic heterocycles. The maximum Gasteiger partial charge on any atom is 0.488 e. The highest BCUT2D eigenvalue weighted by Crippen LogP contribution is 2.34. The SMILES string of the molecule is OB(O)c1cccc(-n2c3ccccc3c3ccccc32)c1.c1ccc(-c2ccccc2-c2ccc3ccccc3c2)cc1. The van der Waals surface area contributed by atoms with Gasteiger partial charge < -0.3 is 14.6 Å². The minimum absolute atomic E-state index is 0.486. The van der Waals surface area contributed by atoms with Crippen molar-refractivity contribution in [1.82, 2.24) is 4.57 Å². The first-order chi connectivity index (χ1) is 21.7. The molecule has 0 spiro atoms. The molecule has 4 heteroatoms. The summed E-state index contributed by atoms with van der Waals surface area (Å²) < 4.78 is 2.15. The quantitative estimate of drug-likeness (QED) is 0.209. The van der Waals surface area contributed by atoms with Crippen LogP contribution in [0.15, 0.2) is 170 Å². The smallest absolute Gasteiger partial charge is 0.423 e. The molecule has 7 aromatic carbocycles. The largest absolute Gasteiger partial charge is 0.488 e. The van der Waals surface area contributed by atoms with Crippen molar-refractivity contribution >= 4 is 45.2 Å². The molecule has 0 aliphatic rings. The van der Waals surface area contributed by atoms with Crippen molar-refractivity contribution in [3.8, 4) is 27.9 Å². The van der Waals surface area contributed by atoms with Gasteiger partial charge in [-0.2, -0.15) is 0 Å². The van der Waals surface area contributed by atoms with E-state index in [4.69, 9.17) is 0 Å². The topological polar surface area (TPSA) is 45.4 Å². The summed E-state index contributed by atoms with van der Waals surface area (Å²) in [6.45, 7) is 0. The number of rotatable bonds is 4. The zero-order chi connectivity index (χ0) is 29.9. The molecule has 0 radical (unpaired) electrons. The van der Waals surface area contributed by atoms with Crippen molar-refractivity contribution in [2.45, 2.75) is 0 Å². The summed E-state index contributed by atoms with van der Waals surface area (Å²) in [4.78, 5) is 0. The number of aromatic nitrogens is 1. The summed E-state index contributed by atoms with van der Waals surface area (Å²) in [7, 11) is -1.46. The van der Waals surface area contributed by atoms with Crippen LogP contribution in [0.25, 0.3) is 60.5 Å². The number of benzene rings is 7. The first kappa shape index (κ1) is 27.4. The third-order valence-corrected chi connectivity index (χ3v) is 8.08. The first-order valence-corrected chi connectivity index (χ1v) is 14.8. The Kier molecular flexibility index (Phi) is 7.52. The molecule has 0 fully saturated rings. The average molecular weight is 567 g/mol. The lowest BCUT2D eigenvalue weighted by molar-refractivity contribution is 0.426. The molecule has 0 saturated carbocycles. The fraction of sp³-hybridized carbons (Fsp3) is 0. The van der Waals surface area contributed by atoms with Crippen LogP contribution in [0.5, 0.6) is 0 Å². The van der Waals surface area contributed by atoms with E-state index < -0.39 is 7.12 Å². The van der Waals surface area contributed by atoms with Crippen LogP contribution < -0.4 is 5.46 Å². The molecule has 210 valence electrons. The van der Waals surface area contributed by atoms with E-state index in [1.54, 1.807) is 6.07 Å². The Morgan fingerprint density at radius 2 is 0.977 bits per heavy atom. The van der Waals surface area contributed by atoms with Gasteiger partial charge in [0.1, 0.15) is 0 Å². The van der Waals surface area contributed by atoms with Gasteiger partial charge in [-0.15, -0.1) is 0 Å². The van der Waals surface area contributed by atoms with E-state index in [0.717, 1.165) is 16.7 Å². The Morgan fingerprint density at radius 3 is 1.66 bits per heavy atom. The third kappa shape index (κ3) is 5.29. The zero-order valence-electron chi connectivity index (χ0n) is 24.1. The van der Waals surface area contributed by atoms with Gasteiger partial charge in [0.15, 0.2) is 0 Å². The maximum atomic E-state index is 9.42. The molecule has 3 nitrogen and oxygen atoms in total. The summed E-state index contributed by atoms with van der Waals surface area (Å²) in [5.74, 6) is 0. The number of nitrogens with zero attached hydrogens (tertiary/aromatic N) is 1. The van der Waals surface area contributed by atoms with Crippen molar-refractivity contribution in [3.05, 3.63) is 170 Å². The monoisotopic (exact) mass is 567 g/mol. The molecule has 0 aliphatic carbocycles. The molecule has 0 saturated heterocycles. The lowest BCUT2D eigenvalue weighted by Crippen LogP contribution is -2.29. The molecule has 8 aromatic rings. The molecular formula is C40H30BNO2. The fourth-order valence-corrected chi connectivity index (χ4v) is 5.99. The van der Waals surface area contributed by atoms with E-state index >= 15 is 0 Å². The molecule has 8 rings (SSSR count). The van der Waals surface area contributed by atoms with E-state index in [-0.39, 0.29) is 0 Å². The van der Waals surface area contributed by atoms with Gasteiger partial charge in [0.25, 0.3) is 0 Å². The Bertz CT molecular complexity index is 2170. The predicted octanol–water partition coefficient (Wildman–Crippen LogP) is 8.64. The lowest BCUT2D eigenvalue weighted by Gasteiger charge is -2.11. The standard InChI is InChI=1S/C22H16.C18H14BNO2/c1-2-9-18(10-3-1)21-12-6-7-13-22(21)20-15-14-17-8-4-5-11-19(17)16-20;21-19(22)13-6-5-7-14(12-13)20-17-10-3-1-8-15(17)16-9-2-4-11-18(16)20/h1-16H;1-12,21-22H. The van der Waals surface area contributed by atoms with Crippen LogP contribution in [0, 0.1) is 0 Å². The number of hydrogen-bond acceptors (Lipinski definition) is 2. The molecule has 1 heterocycles. The zero-order valence-corrected chi connectivity index (χ0v) is 24.1. The highest BCUT2D eigenvalue weighted by atomic mass is 16.4. The number of para-hydroxylation sites is 2. The number of hydrogen-bond donors (Lipinski definition) is 2. The van der Waals surface area contributed by atoms with E-state index in [2.05, 4.69) is 126 Å². The van der Waals surface area contributed by atoms with Crippen molar-refractivity contribution in [3.63, 3.8) is 0 Å². The second kappa shape index (κ2) is 12.1. The van der Waals surface area contributed by atoms with E-state index in [1.165, 1.54) is 43.8 Å². The van der Waals surface area contributed by atoms with Gasteiger partial charge >= 0.3 is 7.12 Å². The van der Waals surface area contributed by atoms with E-state index in [9.17, 15) is 10.0 Å². The average Bonchev–Trinajstić information content (AvgIpc) is 3.43. The second-order valence-electron chi connectivity index (χ2n) is 10.8. The summed E-state index contributed by atoms with van der Waals surface area (Å²) in [5.41, 5.74) is 8.69. The molecule has 0 amide bonds. The second-order valence-corrected chi connectivity index (χ2v) is 10.8.